The SMILES string of the molecule is Cc1cc2ccccc2c2c1CCC1=C2c2ccccc2CC1. The molecule has 0 fully saturated rings. The lowest BCUT2D eigenvalue weighted by molar-refractivity contribution is 0.805. The molecule has 23 heavy (non-hydrogen) atoms. The van der Waals surface area contributed by atoms with Gasteiger partial charge in [0.25, 0.3) is 0 Å². The molecule has 0 aromatic heterocycles. The van der Waals surface area contributed by atoms with Crippen LogP contribution >= 0.6 is 0 Å². The van der Waals surface area contributed by atoms with E-state index in [0.29, 0.717) is 0 Å². The van der Waals surface area contributed by atoms with E-state index in [1.165, 1.54) is 58.7 Å². The average Bonchev–Trinajstić information content (AvgIpc) is 2.61. The third-order valence-electron chi connectivity index (χ3n) is 5.64. The first-order valence-corrected chi connectivity index (χ1v) is 8.65. The second kappa shape index (κ2) is 4.83. The Labute approximate surface area is 137 Å². The summed E-state index contributed by atoms with van der Waals surface area (Å²) in [5.74, 6) is 0. The number of benzene rings is 3. The van der Waals surface area contributed by atoms with Crippen LogP contribution in [0.5, 0.6) is 0 Å². The van der Waals surface area contributed by atoms with E-state index in [1.54, 1.807) is 16.7 Å². The van der Waals surface area contributed by atoms with Crippen molar-refractivity contribution in [2.45, 2.75) is 32.6 Å². The van der Waals surface area contributed by atoms with Crippen molar-refractivity contribution in [2.24, 2.45) is 0 Å². The zero-order valence-electron chi connectivity index (χ0n) is 13.5. The predicted octanol–water partition coefficient (Wildman–Crippen LogP) is 5.84. The summed E-state index contributed by atoms with van der Waals surface area (Å²) in [6.45, 7) is 2.28. The van der Waals surface area contributed by atoms with Crippen molar-refractivity contribution < 1.29 is 0 Å². The van der Waals surface area contributed by atoms with Crippen LogP contribution in [0.3, 0.4) is 0 Å². The topological polar surface area (TPSA) is 0 Å². The van der Waals surface area contributed by atoms with Gasteiger partial charge in [0.05, 0.1) is 0 Å². The van der Waals surface area contributed by atoms with Gasteiger partial charge >= 0.3 is 0 Å². The fraction of sp³-hybridized carbons (Fsp3) is 0.217. The summed E-state index contributed by atoms with van der Waals surface area (Å²) in [4.78, 5) is 0. The van der Waals surface area contributed by atoms with Gasteiger partial charge in [0.2, 0.25) is 0 Å². The number of hydrogen-bond acceptors (Lipinski definition) is 0. The van der Waals surface area contributed by atoms with Crippen LogP contribution in [0.2, 0.25) is 0 Å². The normalized spacial score (nSPS) is 16.0. The second-order valence-electron chi connectivity index (χ2n) is 6.90. The first kappa shape index (κ1) is 13.1. The van der Waals surface area contributed by atoms with Crippen LogP contribution in [0.15, 0.2) is 60.2 Å². The summed E-state index contributed by atoms with van der Waals surface area (Å²) in [6, 6.07) is 20.3. The molecule has 0 saturated carbocycles. The molecule has 0 atom stereocenters. The molecule has 0 heteroatoms. The van der Waals surface area contributed by atoms with Crippen molar-refractivity contribution in [3.05, 3.63) is 88.0 Å². The van der Waals surface area contributed by atoms with Crippen LogP contribution in [-0.4, -0.2) is 0 Å². The van der Waals surface area contributed by atoms with E-state index in [2.05, 4.69) is 61.5 Å². The molecule has 0 amide bonds. The highest BCUT2D eigenvalue weighted by Crippen LogP contribution is 2.45. The standard InChI is InChI=1S/C23H20/c1-15-14-18-7-3-5-9-21(18)23-19(15)13-12-17-11-10-16-6-2-4-8-20(16)22(17)23/h2-9,14H,10-13H2,1H3. The fourth-order valence-corrected chi connectivity index (χ4v) is 4.56. The summed E-state index contributed by atoms with van der Waals surface area (Å²) >= 11 is 0. The van der Waals surface area contributed by atoms with Crippen LogP contribution in [0.4, 0.5) is 0 Å². The number of rotatable bonds is 0. The molecular formula is C23H20. The predicted molar refractivity (Wildman–Crippen MR) is 97.8 cm³/mol. The number of aryl methyl sites for hydroxylation is 2. The minimum Gasteiger partial charge on any atom is -0.0620 e. The first-order chi connectivity index (χ1) is 11.3. The summed E-state index contributed by atoms with van der Waals surface area (Å²) < 4.78 is 0. The van der Waals surface area contributed by atoms with Crippen molar-refractivity contribution in [3.8, 4) is 0 Å². The Hall–Kier alpha value is -2.34. The lowest BCUT2D eigenvalue weighted by atomic mass is 9.73. The zero-order valence-corrected chi connectivity index (χ0v) is 13.5. The van der Waals surface area contributed by atoms with Gasteiger partial charge in [-0.15, -0.1) is 0 Å². The smallest absolute Gasteiger partial charge is 0.00649 e. The van der Waals surface area contributed by atoms with Crippen LogP contribution < -0.4 is 0 Å². The van der Waals surface area contributed by atoms with Gasteiger partial charge in [-0.05, 0) is 76.8 Å². The number of hydrogen-bond donors (Lipinski definition) is 0. The monoisotopic (exact) mass is 296 g/mol. The molecule has 0 aliphatic heterocycles. The molecule has 0 heterocycles. The lowest BCUT2D eigenvalue weighted by Gasteiger charge is -2.31. The quantitative estimate of drug-likeness (QED) is 0.488. The Balaban J connectivity index is 1.92. The molecule has 2 aliphatic rings. The maximum Gasteiger partial charge on any atom is -0.00649 e. The summed E-state index contributed by atoms with van der Waals surface area (Å²) in [5, 5.41) is 2.80. The van der Waals surface area contributed by atoms with E-state index in [0.717, 1.165) is 0 Å². The molecule has 2 aliphatic carbocycles. The third-order valence-corrected chi connectivity index (χ3v) is 5.64. The van der Waals surface area contributed by atoms with Crippen molar-refractivity contribution >= 4 is 16.3 Å². The maximum absolute atomic E-state index is 2.37. The van der Waals surface area contributed by atoms with E-state index in [9.17, 15) is 0 Å². The highest BCUT2D eigenvalue weighted by molar-refractivity contribution is 6.02. The molecule has 112 valence electrons. The van der Waals surface area contributed by atoms with Gasteiger partial charge in [-0.2, -0.15) is 0 Å². The Morgan fingerprint density at radius 3 is 2.52 bits per heavy atom. The molecule has 0 nitrogen and oxygen atoms in total. The summed E-state index contributed by atoms with van der Waals surface area (Å²) in [5.41, 5.74) is 10.8. The molecule has 5 rings (SSSR count). The third kappa shape index (κ3) is 1.84. The lowest BCUT2D eigenvalue weighted by Crippen LogP contribution is -2.14. The average molecular weight is 296 g/mol. The fourth-order valence-electron chi connectivity index (χ4n) is 4.56. The van der Waals surface area contributed by atoms with Crippen molar-refractivity contribution in [1.82, 2.24) is 0 Å². The minimum absolute atomic E-state index is 1.20. The molecule has 0 N–H and O–H groups in total. The van der Waals surface area contributed by atoms with Gasteiger partial charge < -0.3 is 0 Å². The van der Waals surface area contributed by atoms with Crippen LogP contribution in [-0.2, 0) is 12.8 Å². The van der Waals surface area contributed by atoms with E-state index in [4.69, 9.17) is 0 Å². The van der Waals surface area contributed by atoms with Crippen LogP contribution in [0.1, 0.15) is 40.7 Å². The molecule has 3 aromatic rings. The number of allylic oxidation sites excluding steroid dienone is 1. The van der Waals surface area contributed by atoms with Crippen molar-refractivity contribution in [2.75, 3.05) is 0 Å². The Kier molecular flexibility index (Phi) is 2.76. The largest absolute Gasteiger partial charge is 0.0620 e. The van der Waals surface area contributed by atoms with E-state index < -0.39 is 0 Å². The maximum atomic E-state index is 2.37. The Morgan fingerprint density at radius 1 is 0.783 bits per heavy atom. The molecule has 0 unspecified atom stereocenters. The van der Waals surface area contributed by atoms with E-state index >= 15 is 0 Å². The van der Waals surface area contributed by atoms with Crippen molar-refractivity contribution in [3.63, 3.8) is 0 Å². The van der Waals surface area contributed by atoms with Gasteiger partial charge in [0.15, 0.2) is 0 Å². The van der Waals surface area contributed by atoms with Crippen molar-refractivity contribution in [1.29, 1.82) is 0 Å². The molecule has 0 spiro atoms. The molecule has 3 aromatic carbocycles. The highest BCUT2D eigenvalue weighted by Gasteiger charge is 2.27. The second-order valence-corrected chi connectivity index (χ2v) is 6.90. The van der Waals surface area contributed by atoms with Gasteiger partial charge in [-0.1, -0.05) is 60.2 Å². The van der Waals surface area contributed by atoms with Crippen LogP contribution in [0, 0.1) is 6.92 Å². The Bertz CT molecular complexity index is 972. The molecule has 0 saturated heterocycles. The van der Waals surface area contributed by atoms with Crippen LogP contribution in [0.25, 0.3) is 16.3 Å². The van der Waals surface area contributed by atoms with E-state index in [-0.39, 0.29) is 0 Å². The van der Waals surface area contributed by atoms with Gasteiger partial charge in [-0.25, -0.2) is 0 Å². The van der Waals surface area contributed by atoms with E-state index in [1.807, 2.05) is 0 Å². The highest BCUT2D eigenvalue weighted by atomic mass is 14.3. The first-order valence-electron chi connectivity index (χ1n) is 8.65. The summed E-state index contributed by atoms with van der Waals surface area (Å²) in [6.07, 6.45) is 4.87. The molecular weight excluding hydrogens is 276 g/mol. The minimum atomic E-state index is 1.20. The Morgan fingerprint density at radius 2 is 1.57 bits per heavy atom. The zero-order chi connectivity index (χ0) is 15.4. The molecule has 0 radical (unpaired) electrons. The van der Waals surface area contributed by atoms with Gasteiger partial charge in [0.1, 0.15) is 0 Å². The van der Waals surface area contributed by atoms with Gasteiger partial charge in [0, 0.05) is 0 Å². The van der Waals surface area contributed by atoms with Gasteiger partial charge in [-0.3, -0.25) is 0 Å². The number of fused-ring (bicyclic) bond motifs is 6. The molecule has 0 bridgehead atoms. The summed E-state index contributed by atoms with van der Waals surface area (Å²) in [7, 11) is 0.